The molecule has 0 saturated heterocycles. The number of carbonyl (C=O) groups is 1. The molecule has 0 heterocycles. The molecule has 1 aromatic rings. The van der Waals surface area contributed by atoms with Gasteiger partial charge in [0.1, 0.15) is 0 Å². The molecule has 1 amide bonds. The van der Waals surface area contributed by atoms with Crippen LogP contribution in [0, 0.1) is 5.41 Å². The molecular weight excluding hydrogens is 292 g/mol. The molecule has 0 aliphatic heterocycles. The lowest BCUT2D eigenvalue weighted by Crippen LogP contribution is -2.39. The Morgan fingerprint density at radius 3 is 2.38 bits per heavy atom. The predicted octanol–water partition coefficient (Wildman–Crippen LogP) is 2.18. The molecular formula is C15H25ClN2O3. The first-order valence-electron chi connectivity index (χ1n) is 6.53. The molecule has 0 saturated carbocycles. The van der Waals surface area contributed by atoms with E-state index in [1.54, 1.807) is 37.3 Å². The Kier molecular flexibility index (Phi) is 7.53. The van der Waals surface area contributed by atoms with Gasteiger partial charge >= 0.3 is 0 Å². The lowest BCUT2D eigenvalue weighted by molar-refractivity contribution is 0.0736. The van der Waals surface area contributed by atoms with Gasteiger partial charge in [0, 0.05) is 13.6 Å². The number of methoxy groups -OCH3 is 2. The minimum Gasteiger partial charge on any atom is -0.493 e. The number of rotatable bonds is 6. The molecule has 2 N–H and O–H groups in total. The molecule has 0 aromatic heterocycles. The summed E-state index contributed by atoms with van der Waals surface area (Å²) in [4.78, 5) is 14.2. The van der Waals surface area contributed by atoms with E-state index in [0.29, 0.717) is 30.2 Å². The molecule has 0 aliphatic carbocycles. The lowest BCUT2D eigenvalue weighted by Gasteiger charge is -2.29. The summed E-state index contributed by atoms with van der Waals surface area (Å²) in [6.45, 7) is 5.14. The first kappa shape index (κ1) is 19.5. The van der Waals surface area contributed by atoms with Crippen molar-refractivity contribution in [2.24, 2.45) is 11.1 Å². The van der Waals surface area contributed by atoms with Crippen LogP contribution in [0.3, 0.4) is 0 Å². The summed E-state index contributed by atoms with van der Waals surface area (Å²) in [5, 5.41) is 0. The van der Waals surface area contributed by atoms with E-state index in [4.69, 9.17) is 15.2 Å². The topological polar surface area (TPSA) is 64.8 Å². The van der Waals surface area contributed by atoms with Crippen molar-refractivity contribution in [1.82, 2.24) is 4.90 Å². The Balaban J connectivity index is 0.00000400. The number of hydrogen-bond acceptors (Lipinski definition) is 4. The van der Waals surface area contributed by atoms with Gasteiger partial charge in [0.05, 0.1) is 19.8 Å². The van der Waals surface area contributed by atoms with E-state index in [9.17, 15) is 4.79 Å². The normalized spacial score (nSPS) is 10.6. The van der Waals surface area contributed by atoms with E-state index >= 15 is 0 Å². The van der Waals surface area contributed by atoms with Gasteiger partial charge in [-0.05, 0) is 24.1 Å². The first-order chi connectivity index (χ1) is 9.36. The van der Waals surface area contributed by atoms with E-state index in [1.807, 2.05) is 13.8 Å². The summed E-state index contributed by atoms with van der Waals surface area (Å²) in [7, 11) is 4.84. The second-order valence-electron chi connectivity index (χ2n) is 5.57. The number of halogens is 1. The van der Waals surface area contributed by atoms with Crippen LogP contribution in [0.4, 0.5) is 0 Å². The summed E-state index contributed by atoms with van der Waals surface area (Å²) in [6, 6.07) is 5.27. The quantitative estimate of drug-likeness (QED) is 0.873. The molecule has 0 unspecified atom stereocenters. The Bertz CT molecular complexity index is 478. The molecule has 0 fully saturated rings. The summed E-state index contributed by atoms with van der Waals surface area (Å²) in [5.74, 6) is 0.893. The minimum absolute atomic E-state index is 0. The lowest BCUT2D eigenvalue weighted by atomic mass is 9.93. The summed E-state index contributed by atoms with van der Waals surface area (Å²) in [6.07, 6.45) is 0. The molecule has 0 bridgehead atoms. The highest BCUT2D eigenvalue weighted by Crippen LogP contribution is 2.31. The highest BCUT2D eigenvalue weighted by atomic mass is 35.5. The van der Waals surface area contributed by atoms with Crippen molar-refractivity contribution in [3.05, 3.63) is 23.8 Å². The van der Waals surface area contributed by atoms with Crippen LogP contribution in [0.5, 0.6) is 11.5 Å². The van der Waals surface area contributed by atoms with Crippen molar-refractivity contribution < 1.29 is 14.3 Å². The van der Waals surface area contributed by atoms with Gasteiger partial charge in [-0.15, -0.1) is 12.4 Å². The SMILES string of the molecule is COc1cccc(C(=O)N(C)CC(C)(C)CN)c1OC.Cl. The second kappa shape index (κ2) is 8.10. The molecule has 0 radical (unpaired) electrons. The number of hydrogen-bond donors (Lipinski definition) is 1. The zero-order valence-corrected chi connectivity index (χ0v) is 14.1. The maximum atomic E-state index is 12.5. The zero-order chi connectivity index (χ0) is 15.3. The van der Waals surface area contributed by atoms with Gasteiger partial charge in [0.2, 0.25) is 0 Å². The zero-order valence-electron chi connectivity index (χ0n) is 13.3. The third kappa shape index (κ3) is 4.79. The van der Waals surface area contributed by atoms with E-state index in [0.717, 1.165) is 0 Å². The molecule has 21 heavy (non-hydrogen) atoms. The number of para-hydroxylation sites is 1. The fourth-order valence-electron chi connectivity index (χ4n) is 2.04. The van der Waals surface area contributed by atoms with Crippen LogP contribution >= 0.6 is 12.4 Å². The van der Waals surface area contributed by atoms with Crippen molar-refractivity contribution in [3.8, 4) is 11.5 Å². The Morgan fingerprint density at radius 2 is 1.90 bits per heavy atom. The molecule has 0 spiro atoms. The summed E-state index contributed by atoms with van der Waals surface area (Å²) < 4.78 is 10.5. The number of amides is 1. The highest BCUT2D eigenvalue weighted by molar-refractivity contribution is 5.97. The number of benzene rings is 1. The minimum atomic E-state index is -0.128. The molecule has 1 aromatic carbocycles. The molecule has 0 aliphatic rings. The smallest absolute Gasteiger partial charge is 0.257 e. The van der Waals surface area contributed by atoms with Crippen molar-refractivity contribution in [2.45, 2.75) is 13.8 Å². The Hall–Kier alpha value is -1.46. The second-order valence-corrected chi connectivity index (χ2v) is 5.57. The van der Waals surface area contributed by atoms with Gasteiger partial charge in [-0.3, -0.25) is 4.79 Å². The average molecular weight is 317 g/mol. The highest BCUT2D eigenvalue weighted by Gasteiger charge is 2.24. The van der Waals surface area contributed by atoms with Crippen molar-refractivity contribution in [2.75, 3.05) is 34.4 Å². The Labute approximate surface area is 132 Å². The summed E-state index contributed by atoms with van der Waals surface area (Å²) >= 11 is 0. The van der Waals surface area contributed by atoms with Crippen LogP contribution in [0.15, 0.2) is 18.2 Å². The van der Waals surface area contributed by atoms with E-state index in [2.05, 4.69) is 0 Å². The maximum Gasteiger partial charge on any atom is 0.257 e. The fraction of sp³-hybridized carbons (Fsp3) is 0.533. The number of nitrogens with two attached hydrogens (primary N) is 1. The van der Waals surface area contributed by atoms with Crippen LogP contribution in [-0.2, 0) is 0 Å². The summed E-state index contributed by atoms with van der Waals surface area (Å²) in [5.41, 5.74) is 6.07. The van der Waals surface area contributed by atoms with Gasteiger partial charge < -0.3 is 20.1 Å². The number of carbonyl (C=O) groups excluding carboxylic acids is 1. The molecule has 120 valence electrons. The predicted molar refractivity (Wildman–Crippen MR) is 86.6 cm³/mol. The van der Waals surface area contributed by atoms with Gasteiger partial charge in [0.15, 0.2) is 11.5 Å². The number of nitrogens with zero attached hydrogens (tertiary/aromatic N) is 1. The van der Waals surface area contributed by atoms with Crippen molar-refractivity contribution in [3.63, 3.8) is 0 Å². The third-order valence-corrected chi connectivity index (χ3v) is 3.20. The molecule has 6 heteroatoms. The third-order valence-electron chi connectivity index (χ3n) is 3.20. The average Bonchev–Trinajstić information content (AvgIpc) is 2.44. The van der Waals surface area contributed by atoms with Crippen LogP contribution < -0.4 is 15.2 Å². The van der Waals surface area contributed by atoms with Crippen LogP contribution in [-0.4, -0.2) is 45.2 Å². The fourth-order valence-corrected chi connectivity index (χ4v) is 2.04. The Morgan fingerprint density at radius 1 is 1.29 bits per heavy atom. The maximum absolute atomic E-state index is 12.5. The van der Waals surface area contributed by atoms with Crippen LogP contribution in [0.2, 0.25) is 0 Å². The first-order valence-corrected chi connectivity index (χ1v) is 6.53. The molecule has 1 rings (SSSR count). The largest absolute Gasteiger partial charge is 0.493 e. The van der Waals surface area contributed by atoms with Crippen molar-refractivity contribution in [1.29, 1.82) is 0 Å². The van der Waals surface area contributed by atoms with E-state index < -0.39 is 0 Å². The van der Waals surface area contributed by atoms with Crippen LogP contribution in [0.25, 0.3) is 0 Å². The van der Waals surface area contributed by atoms with Crippen molar-refractivity contribution >= 4 is 18.3 Å². The van der Waals surface area contributed by atoms with E-state index in [1.165, 1.54) is 7.11 Å². The molecule has 5 nitrogen and oxygen atoms in total. The number of ether oxygens (including phenoxy) is 2. The molecule has 0 atom stereocenters. The monoisotopic (exact) mass is 316 g/mol. The standard InChI is InChI=1S/C15H24N2O3.ClH/c1-15(2,9-16)10-17(3)14(18)11-7-6-8-12(19-4)13(11)20-5;/h6-8H,9-10,16H2,1-5H3;1H. The van der Waals surface area contributed by atoms with Gasteiger partial charge in [-0.25, -0.2) is 0 Å². The van der Waals surface area contributed by atoms with E-state index in [-0.39, 0.29) is 23.7 Å². The van der Waals surface area contributed by atoms with Gasteiger partial charge in [-0.2, -0.15) is 0 Å². The van der Waals surface area contributed by atoms with Gasteiger partial charge in [-0.1, -0.05) is 19.9 Å². The van der Waals surface area contributed by atoms with Crippen LogP contribution in [0.1, 0.15) is 24.2 Å². The van der Waals surface area contributed by atoms with Gasteiger partial charge in [0.25, 0.3) is 5.91 Å².